The molecule has 1 amide bonds. The Bertz CT molecular complexity index is 484. The molecule has 5 nitrogen and oxygen atoms in total. The maximum atomic E-state index is 12.0. The zero-order chi connectivity index (χ0) is 13.9. The topological polar surface area (TPSA) is 66.9 Å². The van der Waals surface area contributed by atoms with Gasteiger partial charge in [0.2, 0.25) is 5.91 Å². The smallest absolute Gasteiger partial charge is 0.220 e. The van der Waals surface area contributed by atoms with Crippen LogP contribution in [0.15, 0.2) is 12.3 Å². The lowest BCUT2D eigenvalue weighted by Gasteiger charge is -2.28. The first-order valence-corrected chi connectivity index (χ1v) is 7.50. The molecule has 2 fully saturated rings. The molecule has 2 aliphatic heterocycles. The summed E-state index contributed by atoms with van der Waals surface area (Å²) in [4.78, 5) is 20.4. The highest BCUT2D eigenvalue weighted by molar-refractivity contribution is 5.85. The van der Waals surface area contributed by atoms with E-state index in [1.54, 1.807) is 6.20 Å². The standard InChI is InChI=1S/C15H22N4O.ClH/c1-10-16-5-4-14(18-10)9-17-15(20)8-11-6-12-2-3-13(7-11)19-12;/h4-5,11-13,19H,2-3,6-9H2,1H3,(H,17,20);1H. The molecule has 1 aromatic rings. The van der Waals surface area contributed by atoms with Crippen molar-refractivity contribution in [2.75, 3.05) is 0 Å². The normalized spacial score (nSPS) is 27.0. The van der Waals surface area contributed by atoms with Crippen LogP contribution in [0.1, 0.15) is 43.6 Å². The van der Waals surface area contributed by atoms with Crippen molar-refractivity contribution in [2.24, 2.45) is 5.92 Å². The summed E-state index contributed by atoms with van der Waals surface area (Å²) in [5.74, 6) is 1.43. The minimum Gasteiger partial charge on any atom is -0.350 e. The van der Waals surface area contributed by atoms with E-state index in [1.165, 1.54) is 12.8 Å². The van der Waals surface area contributed by atoms with Crippen LogP contribution in [-0.4, -0.2) is 28.0 Å². The lowest BCUT2D eigenvalue weighted by molar-refractivity contribution is -0.122. The number of hydrogen-bond acceptors (Lipinski definition) is 4. The number of nitrogens with one attached hydrogen (secondary N) is 2. The molecule has 21 heavy (non-hydrogen) atoms. The van der Waals surface area contributed by atoms with Gasteiger partial charge in [-0.15, -0.1) is 12.4 Å². The van der Waals surface area contributed by atoms with E-state index >= 15 is 0 Å². The number of fused-ring (bicyclic) bond motifs is 2. The molecule has 116 valence electrons. The molecule has 2 N–H and O–H groups in total. The number of aryl methyl sites for hydroxylation is 1. The zero-order valence-corrected chi connectivity index (χ0v) is 13.2. The highest BCUT2D eigenvalue weighted by atomic mass is 35.5. The summed E-state index contributed by atoms with van der Waals surface area (Å²) in [6, 6.07) is 3.14. The summed E-state index contributed by atoms with van der Waals surface area (Å²) in [6.45, 7) is 2.36. The average molecular weight is 311 g/mol. The number of hydrogen-bond donors (Lipinski definition) is 2. The van der Waals surface area contributed by atoms with Gasteiger partial charge in [0.25, 0.3) is 0 Å². The van der Waals surface area contributed by atoms with Crippen LogP contribution >= 0.6 is 12.4 Å². The molecular weight excluding hydrogens is 288 g/mol. The van der Waals surface area contributed by atoms with E-state index in [9.17, 15) is 4.79 Å². The Kier molecular flexibility index (Phi) is 5.53. The number of amides is 1. The molecule has 0 radical (unpaired) electrons. The van der Waals surface area contributed by atoms with E-state index in [2.05, 4.69) is 20.6 Å². The van der Waals surface area contributed by atoms with Gasteiger partial charge < -0.3 is 10.6 Å². The number of nitrogens with zero attached hydrogens (tertiary/aromatic N) is 2. The second-order valence-electron chi connectivity index (χ2n) is 6.05. The van der Waals surface area contributed by atoms with Crippen molar-refractivity contribution in [3.05, 3.63) is 23.8 Å². The molecule has 2 unspecified atom stereocenters. The largest absolute Gasteiger partial charge is 0.350 e. The average Bonchev–Trinajstić information content (AvgIpc) is 2.76. The van der Waals surface area contributed by atoms with Gasteiger partial charge in [-0.05, 0) is 44.6 Å². The summed E-state index contributed by atoms with van der Waals surface area (Å²) in [5.41, 5.74) is 0.872. The Balaban J connectivity index is 0.00000161. The number of rotatable bonds is 4. The molecule has 0 aromatic carbocycles. The van der Waals surface area contributed by atoms with Crippen molar-refractivity contribution < 1.29 is 4.79 Å². The van der Waals surface area contributed by atoms with Gasteiger partial charge in [-0.2, -0.15) is 0 Å². The third-order valence-corrected chi connectivity index (χ3v) is 4.35. The van der Waals surface area contributed by atoms with Gasteiger partial charge in [-0.25, -0.2) is 9.97 Å². The molecule has 2 bridgehead atoms. The Morgan fingerprint density at radius 1 is 1.38 bits per heavy atom. The van der Waals surface area contributed by atoms with Gasteiger partial charge in [0.05, 0.1) is 12.2 Å². The van der Waals surface area contributed by atoms with Gasteiger partial charge in [0, 0.05) is 24.7 Å². The molecule has 0 spiro atoms. The van der Waals surface area contributed by atoms with Gasteiger partial charge >= 0.3 is 0 Å². The van der Waals surface area contributed by atoms with Crippen molar-refractivity contribution in [2.45, 2.75) is 57.7 Å². The number of aromatic nitrogens is 2. The summed E-state index contributed by atoms with van der Waals surface area (Å²) in [6.07, 6.45) is 7.24. The monoisotopic (exact) mass is 310 g/mol. The Labute approximate surface area is 131 Å². The number of carbonyl (C=O) groups is 1. The van der Waals surface area contributed by atoms with Gasteiger partial charge in [-0.3, -0.25) is 4.79 Å². The highest BCUT2D eigenvalue weighted by Crippen LogP contribution is 2.32. The lowest BCUT2D eigenvalue weighted by Crippen LogP contribution is -2.39. The van der Waals surface area contributed by atoms with Crippen LogP contribution in [0.25, 0.3) is 0 Å². The molecule has 2 saturated heterocycles. The van der Waals surface area contributed by atoms with Gasteiger partial charge in [-0.1, -0.05) is 0 Å². The fourth-order valence-electron chi connectivity index (χ4n) is 3.47. The Morgan fingerprint density at radius 2 is 2.10 bits per heavy atom. The van der Waals surface area contributed by atoms with Gasteiger partial charge in [0.15, 0.2) is 0 Å². The highest BCUT2D eigenvalue weighted by Gasteiger charge is 2.34. The van der Waals surface area contributed by atoms with E-state index in [0.717, 1.165) is 24.4 Å². The first kappa shape index (κ1) is 16.2. The van der Waals surface area contributed by atoms with E-state index in [-0.39, 0.29) is 18.3 Å². The minimum absolute atomic E-state index is 0. The predicted molar refractivity (Wildman–Crippen MR) is 83.2 cm³/mol. The Morgan fingerprint density at radius 3 is 2.76 bits per heavy atom. The van der Waals surface area contributed by atoms with Crippen molar-refractivity contribution >= 4 is 18.3 Å². The second kappa shape index (κ2) is 7.18. The molecule has 0 saturated carbocycles. The molecule has 0 aliphatic carbocycles. The van der Waals surface area contributed by atoms with E-state index in [1.807, 2.05) is 13.0 Å². The van der Waals surface area contributed by atoms with Crippen LogP contribution < -0.4 is 10.6 Å². The number of halogens is 1. The fraction of sp³-hybridized carbons (Fsp3) is 0.667. The summed E-state index contributed by atoms with van der Waals surface area (Å²) >= 11 is 0. The molecular formula is C15H23ClN4O. The number of carbonyl (C=O) groups excluding carboxylic acids is 1. The molecule has 2 atom stereocenters. The third-order valence-electron chi connectivity index (χ3n) is 4.35. The fourth-order valence-corrected chi connectivity index (χ4v) is 3.47. The van der Waals surface area contributed by atoms with Crippen LogP contribution in [0.3, 0.4) is 0 Å². The summed E-state index contributed by atoms with van der Waals surface area (Å²) < 4.78 is 0. The lowest BCUT2D eigenvalue weighted by atomic mass is 9.89. The van der Waals surface area contributed by atoms with E-state index in [4.69, 9.17) is 0 Å². The van der Waals surface area contributed by atoms with Crippen LogP contribution in [-0.2, 0) is 11.3 Å². The number of piperidine rings is 1. The van der Waals surface area contributed by atoms with Crippen LogP contribution in [0.2, 0.25) is 0 Å². The van der Waals surface area contributed by atoms with Crippen molar-refractivity contribution in [3.63, 3.8) is 0 Å². The van der Waals surface area contributed by atoms with Crippen LogP contribution in [0.4, 0.5) is 0 Å². The second-order valence-corrected chi connectivity index (χ2v) is 6.05. The van der Waals surface area contributed by atoms with Gasteiger partial charge in [0.1, 0.15) is 5.82 Å². The zero-order valence-electron chi connectivity index (χ0n) is 12.3. The van der Waals surface area contributed by atoms with Crippen molar-refractivity contribution in [1.82, 2.24) is 20.6 Å². The molecule has 3 rings (SSSR count). The van der Waals surface area contributed by atoms with E-state index in [0.29, 0.717) is 31.0 Å². The van der Waals surface area contributed by atoms with E-state index < -0.39 is 0 Å². The third kappa shape index (κ3) is 4.38. The maximum Gasteiger partial charge on any atom is 0.220 e. The SMILES string of the molecule is Cc1nccc(CNC(=O)CC2CC3CCC(C2)N3)n1.Cl. The summed E-state index contributed by atoms with van der Waals surface area (Å²) in [7, 11) is 0. The van der Waals surface area contributed by atoms with Crippen molar-refractivity contribution in [1.29, 1.82) is 0 Å². The molecule has 3 heterocycles. The first-order valence-electron chi connectivity index (χ1n) is 7.50. The maximum absolute atomic E-state index is 12.0. The quantitative estimate of drug-likeness (QED) is 0.889. The molecule has 2 aliphatic rings. The Hall–Kier alpha value is -1.20. The summed E-state index contributed by atoms with van der Waals surface area (Å²) in [5, 5.41) is 6.58. The predicted octanol–water partition coefficient (Wildman–Crippen LogP) is 1.74. The first-order chi connectivity index (χ1) is 9.69. The van der Waals surface area contributed by atoms with Crippen LogP contribution in [0.5, 0.6) is 0 Å². The van der Waals surface area contributed by atoms with Crippen LogP contribution in [0, 0.1) is 12.8 Å². The van der Waals surface area contributed by atoms with Crippen molar-refractivity contribution in [3.8, 4) is 0 Å². The minimum atomic E-state index is 0. The molecule has 6 heteroatoms. The molecule has 1 aromatic heterocycles.